The van der Waals surface area contributed by atoms with E-state index in [4.69, 9.17) is 34.8 Å². The van der Waals surface area contributed by atoms with Gasteiger partial charge in [-0.15, -0.1) is 0 Å². The van der Waals surface area contributed by atoms with E-state index in [1.54, 1.807) is 24.3 Å². The van der Waals surface area contributed by atoms with Crippen molar-refractivity contribution in [1.82, 2.24) is 4.98 Å². The van der Waals surface area contributed by atoms with Crippen LogP contribution in [0.4, 0.5) is 0 Å². The fourth-order valence-electron chi connectivity index (χ4n) is 1.59. The van der Waals surface area contributed by atoms with Gasteiger partial charge in [0.1, 0.15) is 5.15 Å². The number of hydrogen-bond donors (Lipinski definition) is 0. The van der Waals surface area contributed by atoms with Crippen molar-refractivity contribution in [2.24, 2.45) is 0 Å². The average Bonchev–Trinajstić information content (AvgIpc) is 2.37. The van der Waals surface area contributed by atoms with Crippen LogP contribution in [0, 0.1) is 0 Å². The Morgan fingerprint density at radius 1 is 1.11 bits per heavy atom. The lowest BCUT2D eigenvalue weighted by Gasteiger charge is -2.07. The SMILES string of the molecule is COC(=O)c1cnc(Cl)c(-c2cc(Cl)cc(Cl)c2)c1. The third-order valence-corrected chi connectivity index (χ3v) is 3.17. The lowest BCUT2D eigenvalue weighted by molar-refractivity contribution is 0.0600. The van der Waals surface area contributed by atoms with Gasteiger partial charge in [-0.3, -0.25) is 0 Å². The third kappa shape index (κ3) is 3.18. The second-order valence-electron chi connectivity index (χ2n) is 3.71. The molecule has 0 saturated carbocycles. The Morgan fingerprint density at radius 2 is 1.74 bits per heavy atom. The van der Waals surface area contributed by atoms with Gasteiger partial charge in [0.15, 0.2) is 0 Å². The lowest BCUT2D eigenvalue weighted by Crippen LogP contribution is -2.02. The average molecular weight is 317 g/mol. The molecule has 0 fully saturated rings. The minimum absolute atomic E-state index is 0.256. The normalized spacial score (nSPS) is 10.3. The summed E-state index contributed by atoms with van der Waals surface area (Å²) in [6.07, 6.45) is 1.35. The number of carbonyl (C=O) groups excluding carboxylic acids is 1. The van der Waals surface area contributed by atoms with E-state index in [-0.39, 0.29) is 5.15 Å². The molecule has 0 radical (unpaired) electrons. The molecule has 0 N–H and O–H groups in total. The van der Waals surface area contributed by atoms with E-state index in [9.17, 15) is 4.79 Å². The number of aromatic nitrogens is 1. The predicted molar refractivity (Wildman–Crippen MR) is 76.0 cm³/mol. The first-order chi connectivity index (χ1) is 9.01. The Labute approximate surface area is 125 Å². The van der Waals surface area contributed by atoms with Crippen LogP contribution in [0.1, 0.15) is 10.4 Å². The number of carbonyl (C=O) groups is 1. The molecular weight excluding hydrogens is 309 g/mol. The quantitative estimate of drug-likeness (QED) is 0.605. The number of rotatable bonds is 2. The van der Waals surface area contributed by atoms with Crippen LogP contribution < -0.4 is 0 Å². The minimum Gasteiger partial charge on any atom is -0.465 e. The van der Waals surface area contributed by atoms with Crippen LogP contribution in [0.3, 0.4) is 0 Å². The highest BCUT2D eigenvalue weighted by atomic mass is 35.5. The molecule has 0 spiro atoms. The van der Waals surface area contributed by atoms with Gasteiger partial charge in [-0.05, 0) is 29.8 Å². The summed E-state index contributed by atoms with van der Waals surface area (Å²) in [7, 11) is 1.30. The van der Waals surface area contributed by atoms with Gasteiger partial charge in [0.2, 0.25) is 0 Å². The molecule has 1 aromatic heterocycles. The van der Waals surface area contributed by atoms with Crippen LogP contribution in [0.15, 0.2) is 30.5 Å². The lowest BCUT2D eigenvalue weighted by atomic mass is 10.1. The molecule has 0 aliphatic heterocycles. The molecule has 1 heterocycles. The Bertz CT molecular complexity index is 624. The summed E-state index contributed by atoms with van der Waals surface area (Å²) in [5.41, 5.74) is 1.55. The minimum atomic E-state index is -0.487. The van der Waals surface area contributed by atoms with Gasteiger partial charge in [0.25, 0.3) is 0 Å². The first-order valence-electron chi connectivity index (χ1n) is 5.21. The molecule has 19 heavy (non-hydrogen) atoms. The number of methoxy groups -OCH3 is 1. The van der Waals surface area contributed by atoms with Crippen molar-refractivity contribution in [1.29, 1.82) is 0 Å². The molecule has 3 nitrogen and oxygen atoms in total. The number of hydrogen-bond acceptors (Lipinski definition) is 3. The van der Waals surface area contributed by atoms with Crippen LogP contribution in [0.25, 0.3) is 11.1 Å². The van der Waals surface area contributed by atoms with Crippen molar-refractivity contribution >= 4 is 40.8 Å². The second kappa shape index (κ2) is 5.78. The number of esters is 1. The van der Waals surface area contributed by atoms with Gasteiger partial charge in [0, 0.05) is 21.8 Å². The number of ether oxygens (including phenoxy) is 1. The first kappa shape index (κ1) is 14.1. The Hall–Kier alpha value is -1.29. The van der Waals surface area contributed by atoms with Crippen LogP contribution >= 0.6 is 34.8 Å². The number of pyridine rings is 1. The molecule has 1 aromatic carbocycles. The summed E-state index contributed by atoms with van der Waals surface area (Å²) >= 11 is 17.9. The molecule has 0 saturated heterocycles. The van der Waals surface area contributed by atoms with Crippen molar-refractivity contribution in [3.05, 3.63) is 51.2 Å². The first-order valence-corrected chi connectivity index (χ1v) is 6.35. The van der Waals surface area contributed by atoms with E-state index in [0.29, 0.717) is 26.7 Å². The van der Waals surface area contributed by atoms with E-state index in [0.717, 1.165) is 0 Å². The zero-order chi connectivity index (χ0) is 14.0. The molecule has 2 rings (SSSR count). The van der Waals surface area contributed by atoms with Gasteiger partial charge in [-0.1, -0.05) is 34.8 Å². The van der Waals surface area contributed by atoms with E-state index in [2.05, 4.69) is 9.72 Å². The molecule has 0 aliphatic rings. The molecule has 98 valence electrons. The number of benzene rings is 1. The summed E-state index contributed by atoms with van der Waals surface area (Å²) in [5.74, 6) is -0.487. The fourth-order valence-corrected chi connectivity index (χ4v) is 2.33. The van der Waals surface area contributed by atoms with Crippen molar-refractivity contribution in [2.75, 3.05) is 7.11 Å². The van der Waals surface area contributed by atoms with Crippen LogP contribution in [-0.4, -0.2) is 18.1 Å². The van der Waals surface area contributed by atoms with Gasteiger partial charge >= 0.3 is 5.97 Å². The summed E-state index contributed by atoms with van der Waals surface area (Å²) < 4.78 is 4.64. The zero-order valence-corrected chi connectivity index (χ0v) is 12.1. The maximum atomic E-state index is 11.5. The molecule has 0 atom stereocenters. The van der Waals surface area contributed by atoms with Gasteiger partial charge in [-0.25, -0.2) is 9.78 Å². The van der Waals surface area contributed by atoms with Crippen molar-refractivity contribution in [3.63, 3.8) is 0 Å². The molecule has 6 heteroatoms. The maximum Gasteiger partial charge on any atom is 0.339 e. The summed E-state index contributed by atoms with van der Waals surface area (Å²) in [5, 5.41) is 1.20. The van der Waals surface area contributed by atoms with Crippen molar-refractivity contribution < 1.29 is 9.53 Å². The van der Waals surface area contributed by atoms with Crippen molar-refractivity contribution in [3.8, 4) is 11.1 Å². The molecule has 0 amide bonds. The Balaban J connectivity index is 2.57. The predicted octanol–water partition coefficient (Wildman–Crippen LogP) is 4.50. The molecule has 2 aromatic rings. The Kier molecular flexibility index (Phi) is 4.30. The van der Waals surface area contributed by atoms with Crippen LogP contribution in [0.5, 0.6) is 0 Å². The summed E-state index contributed by atoms with van der Waals surface area (Å²) in [6.45, 7) is 0. The van der Waals surface area contributed by atoms with Crippen LogP contribution in [-0.2, 0) is 4.74 Å². The number of nitrogens with zero attached hydrogens (tertiary/aromatic N) is 1. The standard InChI is InChI=1S/C13H8Cl3NO2/c1-19-13(18)8-4-11(12(16)17-6-8)7-2-9(14)5-10(15)3-7/h2-6H,1H3. The third-order valence-electron chi connectivity index (χ3n) is 2.43. The topological polar surface area (TPSA) is 39.2 Å². The highest BCUT2D eigenvalue weighted by Gasteiger charge is 2.12. The molecule has 0 aliphatic carbocycles. The summed E-state index contributed by atoms with van der Waals surface area (Å²) in [6, 6.07) is 6.58. The number of halogens is 3. The monoisotopic (exact) mass is 315 g/mol. The van der Waals surface area contributed by atoms with Crippen molar-refractivity contribution in [2.45, 2.75) is 0 Å². The van der Waals surface area contributed by atoms with Gasteiger partial charge in [-0.2, -0.15) is 0 Å². The zero-order valence-electron chi connectivity index (χ0n) is 9.78. The largest absolute Gasteiger partial charge is 0.465 e. The van der Waals surface area contributed by atoms with E-state index in [1.165, 1.54) is 13.3 Å². The summed E-state index contributed by atoms with van der Waals surface area (Å²) in [4.78, 5) is 15.4. The van der Waals surface area contributed by atoms with Gasteiger partial charge < -0.3 is 4.74 Å². The smallest absolute Gasteiger partial charge is 0.339 e. The van der Waals surface area contributed by atoms with E-state index < -0.39 is 5.97 Å². The highest BCUT2D eigenvalue weighted by molar-refractivity contribution is 6.35. The second-order valence-corrected chi connectivity index (χ2v) is 4.94. The van der Waals surface area contributed by atoms with Crippen LogP contribution in [0.2, 0.25) is 15.2 Å². The molecule has 0 unspecified atom stereocenters. The van der Waals surface area contributed by atoms with Gasteiger partial charge in [0.05, 0.1) is 12.7 Å². The Morgan fingerprint density at radius 3 is 2.32 bits per heavy atom. The maximum absolute atomic E-state index is 11.5. The molecular formula is C13H8Cl3NO2. The fraction of sp³-hybridized carbons (Fsp3) is 0.0769. The van der Waals surface area contributed by atoms with E-state index >= 15 is 0 Å². The highest BCUT2D eigenvalue weighted by Crippen LogP contribution is 2.31. The molecule has 0 bridgehead atoms. The van der Waals surface area contributed by atoms with E-state index in [1.807, 2.05) is 0 Å².